The molecule has 124 valence electrons. The van der Waals surface area contributed by atoms with Gasteiger partial charge >= 0.3 is 0 Å². The third-order valence-corrected chi connectivity index (χ3v) is 10.5. The molecule has 0 spiro atoms. The summed E-state index contributed by atoms with van der Waals surface area (Å²) in [6, 6.07) is 0.430. The van der Waals surface area contributed by atoms with Crippen LogP contribution in [-0.4, -0.2) is 44.4 Å². The zero-order chi connectivity index (χ0) is 16.5. The Morgan fingerprint density at radius 2 is 2.14 bits per heavy atom. The van der Waals surface area contributed by atoms with Crippen LogP contribution in [0.4, 0.5) is 0 Å². The second kappa shape index (κ2) is 6.77. The summed E-state index contributed by atoms with van der Waals surface area (Å²) in [7, 11) is 0.491. The molecule has 22 heavy (non-hydrogen) atoms. The van der Waals surface area contributed by atoms with Gasteiger partial charge in [0.1, 0.15) is 4.34 Å². The first-order valence-corrected chi connectivity index (χ1v) is 12.0. The van der Waals surface area contributed by atoms with Gasteiger partial charge in [-0.05, 0) is 37.2 Å². The third-order valence-electron chi connectivity index (χ3n) is 4.97. The van der Waals surface area contributed by atoms with Crippen molar-refractivity contribution in [3.05, 3.63) is 17.2 Å². The predicted octanol–water partition coefficient (Wildman–Crippen LogP) is 4.54. The highest BCUT2D eigenvalue weighted by Crippen LogP contribution is 2.37. The predicted molar refractivity (Wildman–Crippen MR) is 102 cm³/mol. The molecule has 1 atom stereocenters. The van der Waals surface area contributed by atoms with Gasteiger partial charge in [-0.2, -0.15) is 0 Å². The van der Waals surface area contributed by atoms with E-state index < -0.39 is 8.32 Å². The molecule has 2 rings (SSSR count). The number of thiazole rings is 1. The molecule has 6 heteroatoms. The summed E-state index contributed by atoms with van der Waals surface area (Å²) in [4.78, 5) is 6.89. The summed E-state index contributed by atoms with van der Waals surface area (Å²) < 4.78 is 7.27. The van der Waals surface area contributed by atoms with Crippen molar-refractivity contribution in [3.8, 4) is 0 Å². The number of aromatic nitrogens is 1. The molecule has 1 aromatic heterocycles. The summed E-state index contributed by atoms with van der Waals surface area (Å²) >= 11 is 5.92. The lowest BCUT2D eigenvalue weighted by Crippen LogP contribution is -2.46. The van der Waals surface area contributed by atoms with Crippen molar-refractivity contribution in [2.45, 2.75) is 55.7 Å². The quantitative estimate of drug-likeness (QED) is 0.633. The van der Waals surface area contributed by atoms with Crippen LogP contribution in [0.25, 0.3) is 5.57 Å². The van der Waals surface area contributed by atoms with E-state index in [0.29, 0.717) is 6.04 Å². The van der Waals surface area contributed by atoms with Gasteiger partial charge in [0.15, 0.2) is 8.32 Å². The molecule has 0 fully saturated rings. The van der Waals surface area contributed by atoms with Crippen LogP contribution in [0.2, 0.25) is 18.1 Å². The summed E-state index contributed by atoms with van der Waals surface area (Å²) in [5, 5.41) is 2.36. The molecule has 1 aliphatic rings. The van der Waals surface area contributed by atoms with Gasteiger partial charge in [-0.15, -0.1) is 24.0 Å². The number of hydrogen-bond donors (Lipinski definition) is 1. The van der Waals surface area contributed by atoms with E-state index in [2.05, 4.69) is 74.9 Å². The van der Waals surface area contributed by atoms with Crippen molar-refractivity contribution in [2.75, 3.05) is 20.2 Å². The molecule has 0 amide bonds. The van der Waals surface area contributed by atoms with E-state index in [0.717, 1.165) is 29.6 Å². The first kappa shape index (κ1) is 18.2. The largest absolute Gasteiger partial charge is 0.415 e. The summed E-state index contributed by atoms with van der Waals surface area (Å²) in [6.07, 6.45) is 3.28. The summed E-state index contributed by atoms with van der Waals surface area (Å²) in [5.41, 5.74) is 2.42. The average molecular weight is 357 g/mol. The minimum atomic E-state index is -1.69. The van der Waals surface area contributed by atoms with Gasteiger partial charge in [-0.1, -0.05) is 26.8 Å². The summed E-state index contributed by atoms with van der Waals surface area (Å²) in [5.74, 6) is 0. The van der Waals surface area contributed by atoms with Gasteiger partial charge in [-0.3, -0.25) is 4.90 Å². The lowest BCUT2D eigenvalue weighted by atomic mass is 9.99. The van der Waals surface area contributed by atoms with Gasteiger partial charge < -0.3 is 4.43 Å². The molecular weight excluding hydrogens is 328 g/mol. The zero-order valence-electron chi connectivity index (χ0n) is 14.5. The first-order valence-electron chi connectivity index (χ1n) is 7.78. The number of rotatable bonds is 4. The highest BCUT2D eigenvalue weighted by molar-refractivity contribution is 7.82. The Bertz CT molecular complexity index is 549. The molecule has 3 nitrogen and oxygen atoms in total. The fourth-order valence-corrected chi connectivity index (χ4v) is 4.10. The van der Waals surface area contributed by atoms with Crippen LogP contribution in [0.3, 0.4) is 0 Å². The van der Waals surface area contributed by atoms with Crippen LogP contribution in [0.5, 0.6) is 0 Å². The molecule has 0 N–H and O–H groups in total. The van der Waals surface area contributed by atoms with Crippen molar-refractivity contribution in [2.24, 2.45) is 0 Å². The maximum Gasteiger partial charge on any atom is 0.192 e. The number of hydrogen-bond acceptors (Lipinski definition) is 5. The molecule has 0 bridgehead atoms. The van der Waals surface area contributed by atoms with Crippen LogP contribution in [-0.2, 0) is 4.43 Å². The molecule has 1 aromatic rings. The van der Waals surface area contributed by atoms with Crippen LogP contribution in [0, 0.1) is 0 Å². The standard InChI is InChI=1S/C16H28N2OS2Si/c1-16(2,3)22(5,6)19-10-13-9-12(7-8-18(13)4)14-11-21-15(20)17-14/h7,11,13H,8-10H2,1-6H3,(H,17,20)/t13-/m1/s1. The average Bonchev–Trinajstić information content (AvgIpc) is 2.83. The Morgan fingerprint density at radius 1 is 1.45 bits per heavy atom. The van der Waals surface area contributed by atoms with E-state index in [1.807, 2.05) is 0 Å². The second-order valence-corrected chi connectivity index (χ2v) is 14.0. The van der Waals surface area contributed by atoms with Gasteiger partial charge in [0, 0.05) is 24.6 Å². The van der Waals surface area contributed by atoms with Crippen molar-refractivity contribution in [1.29, 1.82) is 0 Å². The Kier molecular flexibility index (Phi) is 5.60. The maximum absolute atomic E-state index is 6.43. The molecule has 0 saturated carbocycles. The second-order valence-electron chi connectivity index (χ2n) is 7.61. The molecule has 0 unspecified atom stereocenters. The topological polar surface area (TPSA) is 25.4 Å². The molecule has 0 saturated heterocycles. The lowest BCUT2D eigenvalue weighted by molar-refractivity contribution is 0.159. The van der Waals surface area contributed by atoms with Gasteiger partial charge in [-0.25, -0.2) is 4.98 Å². The van der Waals surface area contributed by atoms with Crippen molar-refractivity contribution < 1.29 is 4.43 Å². The van der Waals surface area contributed by atoms with Crippen molar-refractivity contribution >= 4 is 37.9 Å². The van der Waals surface area contributed by atoms with Gasteiger partial charge in [0.25, 0.3) is 0 Å². The maximum atomic E-state index is 6.43. The van der Waals surface area contributed by atoms with E-state index in [4.69, 9.17) is 4.43 Å². The molecular formula is C16H28N2OS2Si. The number of thiol groups is 1. The molecule has 0 aromatic carbocycles. The van der Waals surface area contributed by atoms with E-state index in [9.17, 15) is 0 Å². The number of nitrogens with zero attached hydrogens (tertiary/aromatic N) is 2. The van der Waals surface area contributed by atoms with Crippen LogP contribution >= 0.6 is 24.0 Å². The van der Waals surface area contributed by atoms with E-state index in [1.165, 1.54) is 5.57 Å². The monoisotopic (exact) mass is 356 g/mol. The minimum Gasteiger partial charge on any atom is -0.415 e. The Labute approximate surface area is 145 Å². The Hall–Kier alpha value is -0.143. The first-order chi connectivity index (χ1) is 10.1. The Balaban J connectivity index is 2.02. The SMILES string of the molecule is CN1CC=C(c2csc(S)n2)C[C@@H]1CO[Si](C)(C)C(C)(C)C. The van der Waals surface area contributed by atoms with E-state index >= 15 is 0 Å². The minimum absolute atomic E-state index is 0.259. The zero-order valence-corrected chi connectivity index (χ0v) is 17.2. The van der Waals surface area contributed by atoms with E-state index in [-0.39, 0.29) is 5.04 Å². The smallest absolute Gasteiger partial charge is 0.192 e. The lowest BCUT2D eigenvalue weighted by Gasteiger charge is -2.39. The summed E-state index contributed by atoms with van der Waals surface area (Å²) in [6.45, 7) is 13.3. The van der Waals surface area contributed by atoms with Crippen LogP contribution < -0.4 is 0 Å². The highest BCUT2D eigenvalue weighted by atomic mass is 32.2. The molecule has 2 heterocycles. The van der Waals surface area contributed by atoms with Crippen LogP contribution in [0.15, 0.2) is 15.8 Å². The van der Waals surface area contributed by atoms with E-state index in [1.54, 1.807) is 11.3 Å². The normalized spacial score (nSPS) is 21.0. The van der Waals surface area contributed by atoms with Gasteiger partial charge in [0.05, 0.1) is 5.69 Å². The fraction of sp³-hybridized carbons (Fsp3) is 0.688. The van der Waals surface area contributed by atoms with Crippen molar-refractivity contribution in [3.63, 3.8) is 0 Å². The molecule has 1 aliphatic heterocycles. The Morgan fingerprint density at radius 3 is 2.68 bits per heavy atom. The van der Waals surface area contributed by atoms with Crippen LogP contribution in [0.1, 0.15) is 32.9 Å². The fourth-order valence-electron chi connectivity index (χ4n) is 2.22. The number of likely N-dealkylation sites (N-methyl/N-ethyl adjacent to an activating group) is 1. The van der Waals surface area contributed by atoms with Crippen molar-refractivity contribution in [1.82, 2.24) is 9.88 Å². The van der Waals surface area contributed by atoms with Gasteiger partial charge in [0.2, 0.25) is 0 Å². The highest BCUT2D eigenvalue weighted by Gasteiger charge is 2.38. The third kappa shape index (κ3) is 4.23. The molecule has 0 radical (unpaired) electrons. The molecule has 0 aliphatic carbocycles.